The Bertz CT molecular complexity index is 1460. The van der Waals surface area contributed by atoms with Gasteiger partial charge >= 0.3 is 0 Å². The van der Waals surface area contributed by atoms with E-state index in [1.54, 1.807) is 61.5 Å². The largest absolute Gasteiger partial charge is 0.352 e. The highest BCUT2D eigenvalue weighted by Gasteiger charge is 2.33. The molecule has 2 amide bonds. The third kappa shape index (κ3) is 7.43. The number of benzene rings is 3. The minimum Gasteiger partial charge on any atom is -0.352 e. The van der Waals surface area contributed by atoms with Crippen LogP contribution < -0.4 is 9.62 Å². The summed E-state index contributed by atoms with van der Waals surface area (Å²) in [4.78, 5) is 28.7. The van der Waals surface area contributed by atoms with Crippen LogP contribution in [0.2, 0.25) is 5.02 Å². The van der Waals surface area contributed by atoms with E-state index >= 15 is 0 Å². The van der Waals surface area contributed by atoms with Crippen LogP contribution in [0, 0.1) is 20.8 Å². The van der Waals surface area contributed by atoms with Gasteiger partial charge in [-0.2, -0.15) is 0 Å². The number of anilines is 1. The molecule has 2 atom stereocenters. The molecule has 0 aromatic heterocycles. The summed E-state index contributed by atoms with van der Waals surface area (Å²) in [6, 6.07) is 18.0. The Hall–Kier alpha value is -3.36. The molecule has 3 aromatic carbocycles. The molecule has 0 heterocycles. The van der Waals surface area contributed by atoms with E-state index in [1.165, 1.54) is 4.90 Å². The molecule has 0 radical (unpaired) electrons. The van der Waals surface area contributed by atoms with E-state index in [-0.39, 0.29) is 23.4 Å². The summed E-state index contributed by atoms with van der Waals surface area (Å²) in [6.45, 7) is 10.7. The standard InChI is InChI=1S/C31H38ClN3O4S/c1-7-23(4)33-31(37)25(6)34(19-26-11-9-12-27(32)18-26)30(36)20-35(29-13-8-10-22(3)24(29)5)40(38,39)28-16-14-21(2)15-17-28/h8-18,23,25H,7,19-20H2,1-6H3,(H,33,37)/t23-,25-/m1/s1. The summed E-state index contributed by atoms with van der Waals surface area (Å²) < 4.78 is 29.2. The molecule has 214 valence electrons. The van der Waals surface area contributed by atoms with Crippen molar-refractivity contribution in [3.05, 3.63) is 94.0 Å². The molecule has 3 rings (SSSR count). The maximum atomic E-state index is 14.1. The monoisotopic (exact) mass is 583 g/mol. The minimum atomic E-state index is -4.12. The van der Waals surface area contributed by atoms with Crippen LogP contribution in [0.15, 0.2) is 71.6 Å². The van der Waals surface area contributed by atoms with Crippen molar-refractivity contribution >= 4 is 39.1 Å². The molecule has 0 aliphatic carbocycles. The average molecular weight is 584 g/mol. The maximum Gasteiger partial charge on any atom is 0.264 e. The van der Waals surface area contributed by atoms with Gasteiger partial charge in [-0.1, -0.05) is 60.5 Å². The number of carbonyl (C=O) groups excluding carboxylic acids is 2. The van der Waals surface area contributed by atoms with Crippen LogP contribution in [0.4, 0.5) is 5.69 Å². The summed E-state index contributed by atoms with van der Waals surface area (Å²) in [6.07, 6.45) is 0.732. The van der Waals surface area contributed by atoms with Crippen LogP contribution in [0.3, 0.4) is 0 Å². The van der Waals surface area contributed by atoms with E-state index in [2.05, 4.69) is 5.32 Å². The third-order valence-electron chi connectivity index (χ3n) is 7.14. The normalized spacial score (nSPS) is 12.9. The summed E-state index contributed by atoms with van der Waals surface area (Å²) >= 11 is 6.20. The molecule has 40 heavy (non-hydrogen) atoms. The van der Waals surface area contributed by atoms with Gasteiger partial charge in [0, 0.05) is 17.6 Å². The Balaban J connectivity index is 2.07. The number of rotatable bonds is 11. The Morgan fingerprint density at radius 2 is 1.60 bits per heavy atom. The maximum absolute atomic E-state index is 14.1. The van der Waals surface area contributed by atoms with Gasteiger partial charge in [-0.25, -0.2) is 8.42 Å². The number of nitrogens with zero attached hydrogens (tertiary/aromatic N) is 2. The second kappa shape index (κ2) is 13.3. The van der Waals surface area contributed by atoms with Crippen LogP contribution in [0.5, 0.6) is 0 Å². The van der Waals surface area contributed by atoms with Crippen molar-refractivity contribution in [1.82, 2.24) is 10.2 Å². The molecule has 0 saturated heterocycles. The van der Waals surface area contributed by atoms with Gasteiger partial charge in [0.05, 0.1) is 10.6 Å². The summed E-state index contributed by atoms with van der Waals surface area (Å²) in [5.41, 5.74) is 3.69. The Morgan fingerprint density at radius 3 is 2.23 bits per heavy atom. The van der Waals surface area contributed by atoms with Crippen molar-refractivity contribution in [3.8, 4) is 0 Å². The topological polar surface area (TPSA) is 86.8 Å². The highest BCUT2D eigenvalue weighted by Crippen LogP contribution is 2.29. The lowest BCUT2D eigenvalue weighted by Gasteiger charge is -2.33. The van der Waals surface area contributed by atoms with E-state index in [1.807, 2.05) is 46.8 Å². The average Bonchev–Trinajstić information content (AvgIpc) is 2.91. The molecule has 0 spiro atoms. The predicted molar refractivity (Wildman–Crippen MR) is 161 cm³/mol. The van der Waals surface area contributed by atoms with Gasteiger partial charge in [0.1, 0.15) is 12.6 Å². The first-order chi connectivity index (χ1) is 18.8. The van der Waals surface area contributed by atoms with Crippen molar-refractivity contribution < 1.29 is 18.0 Å². The van der Waals surface area contributed by atoms with Gasteiger partial charge in [-0.15, -0.1) is 0 Å². The number of carbonyl (C=O) groups is 2. The lowest BCUT2D eigenvalue weighted by atomic mass is 10.1. The second-order valence-electron chi connectivity index (χ2n) is 10.2. The van der Waals surface area contributed by atoms with Crippen LogP contribution >= 0.6 is 11.6 Å². The molecule has 0 bridgehead atoms. The molecular weight excluding hydrogens is 546 g/mol. The van der Waals surface area contributed by atoms with E-state index in [0.717, 1.165) is 33.0 Å². The lowest BCUT2D eigenvalue weighted by molar-refractivity contribution is -0.139. The van der Waals surface area contributed by atoms with Crippen molar-refractivity contribution in [2.24, 2.45) is 0 Å². The quantitative estimate of drug-likeness (QED) is 0.309. The molecule has 0 saturated carbocycles. The van der Waals surface area contributed by atoms with Crippen molar-refractivity contribution in [3.63, 3.8) is 0 Å². The zero-order valence-corrected chi connectivity index (χ0v) is 25.5. The fourth-order valence-corrected chi connectivity index (χ4v) is 5.92. The van der Waals surface area contributed by atoms with Crippen molar-refractivity contribution in [2.45, 2.75) is 71.5 Å². The van der Waals surface area contributed by atoms with E-state index in [9.17, 15) is 18.0 Å². The number of aryl methyl sites for hydroxylation is 2. The first kappa shape index (κ1) is 31.2. The molecule has 7 nitrogen and oxygen atoms in total. The summed E-state index contributed by atoms with van der Waals surface area (Å²) in [5.74, 6) is -0.826. The highest BCUT2D eigenvalue weighted by molar-refractivity contribution is 7.92. The molecule has 1 N–H and O–H groups in total. The SMILES string of the molecule is CC[C@@H](C)NC(=O)[C@@H](C)N(Cc1cccc(Cl)c1)C(=O)CN(c1cccc(C)c1C)S(=O)(=O)c1ccc(C)cc1. The summed E-state index contributed by atoms with van der Waals surface area (Å²) in [7, 11) is -4.12. The number of nitrogens with one attached hydrogen (secondary N) is 1. The van der Waals surface area contributed by atoms with Gasteiger partial charge in [0.15, 0.2) is 0 Å². The van der Waals surface area contributed by atoms with Crippen LogP contribution in [0.1, 0.15) is 49.4 Å². The van der Waals surface area contributed by atoms with Gasteiger partial charge in [-0.05, 0) is 88.1 Å². The van der Waals surface area contributed by atoms with Crippen LogP contribution in [-0.4, -0.2) is 43.8 Å². The van der Waals surface area contributed by atoms with E-state index < -0.39 is 28.5 Å². The van der Waals surface area contributed by atoms with Crippen LogP contribution in [0.25, 0.3) is 0 Å². The number of hydrogen-bond donors (Lipinski definition) is 1. The molecule has 3 aromatic rings. The molecular formula is C31H38ClN3O4S. The van der Waals surface area contributed by atoms with Crippen molar-refractivity contribution in [1.29, 1.82) is 0 Å². The molecule has 0 aliphatic heterocycles. The zero-order valence-electron chi connectivity index (χ0n) is 23.9. The molecule has 0 fully saturated rings. The smallest absolute Gasteiger partial charge is 0.264 e. The van der Waals surface area contributed by atoms with E-state index in [4.69, 9.17) is 11.6 Å². The fraction of sp³-hybridized carbons (Fsp3) is 0.355. The lowest BCUT2D eigenvalue weighted by Crippen LogP contribution is -2.52. The zero-order chi connectivity index (χ0) is 29.6. The minimum absolute atomic E-state index is 0.0774. The third-order valence-corrected chi connectivity index (χ3v) is 9.15. The Morgan fingerprint density at radius 1 is 0.950 bits per heavy atom. The number of halogens is 1. The van der Waals surface area contributed by atoms with Gasteiger partial charge < -0.3 is 10.2 Å². The van der Waals surface area contributed by atoms with Gasteiger partial charge in [-0.3, -0.25) is 13.9 Å². The second-order valence-corrected chi connectivity index (χ2v) is 12.5. The van der Waals surface area contributed by atoms with Gasteiger partial charge in [0.2, 0.25) is 11.8 Å². The van der Waals surface area contributed by atoms with Crippen LogP contribution in [-0.2, 0) is 26.2 Å². The highest BCUT2D eigenvalue weighted by atomic mass is 35.5. The first-order valence-electron chi connectivity index (χ1n) is 13.3. The Labute approximate surface area is 243 Å². The number of sulfonamides is 1. The first-order valence-corrected chi connectivity index (χ1v) is 15.2. The number of amides is 2. The van der Waals surface area contributed by atoms with Gasteiger partial charge in [0.25, 0.3) is 10.0 Å². The number of hydrogen-bond acceptors (Lipinski definition) is 4. The molecule has 0 aliphatic rings. The molecule has 0 unspecified atom stereocenters. The fourth-order valence-electron chi connectivity index (χ4n) is 4.24. The Kier molecular flexibility index (Phi) is 10.4. The summed E-state index contributed by atoms with van der Waals surface area (Å²) in [5, 5.41) is 3.43. The molecule has 9 heteroatoms. The van der Waals surface area contributed by atoms with Crippen molar-refractivity contribution in [2.75, 3.05) is 10.8 Å². The van der Waals surface area contributed by atoms with E-state index in [0.29, 0.717) is 10.7 Å². The predicted octanol–water partition coefficient (Wildman–Crippen LogP) is 5.79.